The predicted molar refractivity (Wildman–Crippen MR) is 82.7 cm³/mol. The zero-order valence-corrected chi connectivity index (χ0v) is 13.8. The summed E-state index contributed by atoms with van der Waals surface area (Å²) in [6.45, 7) is 5.28. The second-order valence-electron chi connectivity index (χ2n) is 6.13. The maximum Gasteiger partial charge on any atom is 0.407 e. The van der Waals surface area contributed by atoms with Gasteiger partial charge < -0.3 is 15.0 Å². The topological polar surface area (TPSA) is 88.8 Å². The van der Waals surface area contributed by atoms with Gasteiger partial charge in [0.25, 0.3) is 5.91 Å². The first-order valence-electron chi connectivity index (χ1n) is 7.54. The molecule has 4 rings (SSSR count). The minimum Gasteiger partial charge on any atom is -0.447 e. The van der Waals surface area contributed by atoms with Gasteiger partial charge in [0.2, 0.25) is 4.96 Å². The van der Waals surface area contributed by atoms with E-state index in [0.29, 0.717) is 43.9 Å². The van der Waals surface area contributed by atoms with Crippen molar-refractivity contribution in [3.8, 4) is 0 Å². The van der Waals surface area contributed by atoms with Crippen LogP contribution in [-0.2, 0) is 4.74 Å². The number of fused-ring (bicyclic) bond motifs is 1. The maximum atomic E-state index is 12.9. The van der Waals surface area contributed by atoms with Gasteiger partial charge in [-0.15, -0.1) is 0 Å². The van der Waals surface area contributed by atoms with Gasteiger partial charge in [0.05, 0.1) is 11.2 Å². The number of rotatable bonds is 1. The molecular weight excluding hydrogens is 318 g/mol. The summed E-state index contributed by atoms with van der Waals surface area (Å²) in [4.78, 5) is 31.1. The number of hydrogen-bond donors (Lipinski definition) is 1. The zero-order valence-electron chi connectivity index (χ0n) is 13.0. The Morgan fingerprint density at radius 2 is 2.09 bits per heavy atom. The molecule has 2 aromatic rings. The van der Waals surface area contributed by atoms with Crippen LogP contribution in [0.2, 0.25) is 0 Å². The molecular formula is C14H17N5O3S. The Balaban J connectivity index is 1.55. The van der Waals surface area contributed by atoms with Crippen LogP contribution in [0.25, 0.3) is 4.96 Å². The number of amides is 2. The Labute approximate surface area is 136 Å². The largest absolute Gasteiger partial charge is 0.447 e. The van der Waals surface area contributed by atoms with Crippen molar-refractivity contribution in [1.29, 1.82) is 0 Å². The SMILES string of the molecule is Cc1nn2c(C(=O)N3CCC4(CC3)COC(=O)N4)c(C)nc2s1. The molecule has 2 aliphatic heterocycles. The Morgan fingerprint density at radius 1 is 1.35 bits per heavy atom. The van der Waals surface area contributed by atoms with E-state index in [1.807, 2.05) is 13.8 Å². The summed E-state index contributed by atoms with van der Waals surface area (Å²) in [6, 6.07) is 0. The summed E-state index contributed by atoms with van der Waals surface area (Å²) in [5.41, 5.74) is 0.922. The van der Waals surface area contributed by atoms with Gasteiger partial charge in [0.1, 0.15) is 11.6 Å². The second-order valence-corrected chi connectivity index (χ2v) is 7.30. The molecule has 0 atom stereocenters. The minimum atomic E-state index is -0.365. The molecule has 122 valence electrons. The second kappa shape index (κ2) is 4.92. The first-order chi connectivity index (χ1) is 11.0. The van der Waals surface area contributed by atoms with Crippen LogP contribution in [0.1, 0.15) is 34.0 Å². The monoisotopic (exact) mass is 335 g/mol. The number of likely N-dealkylation sites (tertiary alicyclic amines) is 1. The van der Waals surface area contributed by atoms with Gasteiger partial charge in [0, 0.05) is 13.1 Å². The maximum absolute atomic E-state index is 12.9. The van der Waals surface area contributed by atoms with Crippen LogP contribution in [-0.4, -0.2) is 56.7 Å². The summed E-state index contributed by atoms with van der Waals surface area (Å²) in [5, 5.41) is 8.14. The van der Waals surface area contributed by atoms with E-state index >= 15 is 0 Å². The average Bonchev–Trinajstić information content (AvgIpc) is 3.12. The van der Waals surface area contributed by atoms with Crippen LogP contribution < -0.4 is 5.32 Å². The highest BCUT2D eigenvalue weighted by molar-refractivity contribution is 7.16. The fourth-order valence-corrected chi connectivity index (χ4v) is 4.03. The van der Waals surface area contributed by atoms with Crippen molar-refractivity contribution >= 4 is 28.3 Å². The Kier molecular flexibility index (Phi) is 3.09. The lowest BCUT2D eigenvalue weighted by Crippen LogP contribution is -2.53. The number of alkyl carbamates (subject to hydrolysis) is 1. The van der Waals surface area contributed by atoms with E-state index in [1.54, 1.807) is 9.42 Å². The standard InChI is InChI=1S/C14H17N5O3S/c1-8-10(19-12(15-8)23-9(2)17-19)11(20)18-5-3-14(4-6-18)7-22-13(21)16-14/h3-7H2,1-2H3,(H,16,21). The number of piperidine rings is 1. The molecule has 0 aromatic carbocycles. The number of carbonyl (C=O) groups excluding carboxylic acids is 2. The van der Waals surface area contributed by atoms with Gasteiger partial charge in [-0.2, -0.15) is 9.61 Å². The molecule has 2 fully saturated rings. The van der Waals surface area contributed by atoms with E-state index in [0.717, 1.165) is 9.97 Å². The molecule has 9 heteroatoms. The summed E-state index contributed by atoms with van der Waals surface area (Å²) in [5.74, 6) is -0.0552. The van der Waals surface area contributed by atoms with Crippen LogP contribution in [0, 0.1) is 13.8 Å². The molecule has 23 heavy (non-hydrogen) atoms. The number of nitrogens with zero attached hydrogens (tertiary/aromatic N) is 4. The van der Waals surface area contributed by atoms with Gasteiger partial charge in [0.15, 0.2) is 5.69 Å². The van der Waals surface area contributed by atoms with Crippen molar-refractivity contribution < 1.29 is 14.3 Å². The number of cyclic esters (lactones) is 1. The summed E-state index contributed by atoms with van der Waals surface area (Å²) >= 11 is 1.47. The van der Waals surface area contributed by atoms with Crippen molar-refractivity contribution in [3.63, 3.8) is 0 Å². The number of nitrogens with one attached hydrogen (secondary N) is 1. The molecule has 1 spiro atoms. The van der Waals surface area contributed by atoms with E-state index in [1.165, 1.54) is 11.3 Å². The lowest BCUT2D eigenvalue weighted by Gasteiger charge is -2.37. The van der Waals surface area contributed by atoms with Crippen molar-refractivity contribution in [1.82, 2.24) is 24.8 Å². The van der Waals surface area contributed by atoms with Crippen LogP contribution in [0.5, 0.6) is 0 Å². The molecule has 1 N–H and O–H groups in total. The molecule has 0 unspecified atom stereocenters. The van der Waals surface area contributed by atoms with Crippen LogP contribution in [0.15, 0.2) is 0 Å². The number of aromatic nitrogens is 3. The Hall–Kier alpha value is -2.16. The van der Waals surface area contributed by atoms with E-state index in [9.17, 15) is 9.59 Å². The van der Waals surface area contributed by atoms with Crippen LogP contribution >= 0.6 is 11.3 Å². The van der Waals surface area contributed by atoms with Gasteiger partial charge >= 0.3 is 6.09 Å². The zero-order chi connectivity index (χ0) is 16.2. The van der Waals surface area contributed by atoms with Crippen molar-refractivity contribution in [2.24, 2.45) is 0 Å². The molecule has 2 aromatic heterocycles. The normalized spacial score (nSPS) is 20.1. The quantitative estimate of drug-likeness (QED) is 0.844. The highest BCUT2D eigenvalue weighted by Gasteiger charge is 2.43. The Morgan fingerprint density at radius 3 is 2.74 bits per heavy atom. The molecule has 8 nitrogen and oxygen atoms in total. The molecule has 4 heterocycles. The number of imidazole rings is 1. The van der Waals surface area contributed by atoms with E-state index < -0.39 is 0 Å². The smallest absolute Gasteiger partial charge is 0.407 e. The highest BCUT2D eigenvalue weighted by Crippen LogP contribution is 2.28. The number of carbonyl (C=O) groups is 2. The van der Waals surface area contributed by atoms with Gasteiger partial charge in [-0.3, -0.25) is 4.79 Å². The lowest BCUT2D eigenvalue weighted by atomic mass is 9.89. The van der Waals surface area contributed by atoms with Crippen LogP contribution in [0.4, 0.5) is 4.79 Å². The molecule has 2 saturated heterocycles. The van der Waals surface area contributed by atoms with Crippen molar-refractivity contribution in [3.05, 3.63) is 16.4 Å². The molecule has 0 bridgehead atoms. The Bertz CT molecular complexity index is 803. The minimum absolute atomic E-state index is 0.0552. The van der Waals surface area contributed by atoms with Crippen molar-refractivity contribution in [2.75, 3.05) is 19.7 Å². The van der Waals surface area contributed by atoms with E-state index in [-0.39, 0.29) is 17.5 Å². The predicted octanol–water partition coefficient (Wildman–Crippen LogP) is 1.12. The van der Waals surface area contributed by atoms with E-state index in [2.05, 4.69) is 15.4 Å². The fourth-order valence-electron chi connectivity index (χ4n) is 3.24. The molecule has 0 radical (unpaired) electrons. The first kappa shape index (κ1) is 14.4. The lowest BCUT2D eigenvalue weighted by molar-refractivity contribution is 0.0634. The summed E-state index contributed by atoms with van der Waals surface area (Å²) in [6.07, 6.45) is 1.03. The van der Waals surface area contributed by atoms with Gasteiger partial charge in [-0.1, -0.05) is 11.3 Å². The third-order valence-corrected chi connectivity index (χ3v) is 5.36. The van der Waals surface area contributed by atoms with Gasteiger partial charge in [-0.05, 0) is 26.7 Å². The molecule has 2 amide bonds. The number of ether oxygens (including phenoxy) is 1. The van der Waals surface area contributed by atoms with Gasteiger partial charge in [-0.25, -0.2) is 9.78 Å². The average molecular weight is 335 g/mol. The fraction of sp³-hybridized carbons (Fsp3) is 0.571. The van der Waals surface area contributed by atoms with Crippen molar-refractivity contribution in [2.45, 2.75) is 32.2 Å². The van der Waals surface area contributed by atoms with E-state index in [4.69, 9.17) is 4.74 Å². The number of hydrogen-bond acceptors (Lipinski definition) is 6. The molecule has 2 aliphatic rings. The third-order valence-electron chi connectivity index (χ3n) is 4.54. The first-order valence-corrected chi connectivity index (χ1v) is 8.36. The third kappa shape index (κ3) is 2.26. The summed E-state index contributed by atoms with van der Waals surface area (Å²) in [7, 11) is 0. The number of aryl methyl sites for hydroxylation is 2. The molecule has 0 aliphatic carbocycles. The summed E-state index contributed by atoms with van der Waals surface area (Å²) < 4.78 is 6.66. The molecule has 0 saturated carbocycles. The highest BCUT2D eigenvalue weighted by atomic mass is 32.1. The van der Waals surface area contributed by atoms with Crippen LogP contribution in [0.3, 0.4) is 0 Å².